The molecule has 0 aliphatic carbocycles. The Balaban J connectivity index is 2.23. The van der Waals surface area contributed by atoms with Gasteiger partial charge in [0.05, 0.1) is 0 Å². The van der Waals surface area contributed by atoms with E-state index in [0.29, 0.717) is 22.7 Å². The van der Waals surface area contributed by atoms with E-state index < -0.39 is 0 Å². The topological polar surface area (TPSA) is 44.1 Å². The zero-order valence-corrected chi connectivity index (χ0v) is 9.91. The van der Waals surface area contributed by atoms with E-state index in [1.165, 1.54) is 6.07 Å². The molecule has 0 fully saturated rings. The van der Waals surface area contributed by atoms with Gasteiger partial charge in [0.15, 0.2) is 0 Å². The van der Waals surface area contributed by atoms with E-state index in [1.54, 1.807) is 12.1 Å². The van der Waals surface area contributed by atoms with Crippen LogP contribution in [-0.4, -0.2) is 10.8 Å². The average molecular weight is 246 g/mol. The summed E-state index contributed by atoms with van der Waals surface area (Å²) >= 11 is 5.86. The third-order valence-electron chi connectivity index (χ3n) is 2.51. The van der Waals surface area contributed by atoms with Gasteiger partial charge < -0.3 is 10.5 Å². The summed E-state index contributed by atoms with van der Waals surface area (Å²) in [5, 5.41) is 18.2. The van der Waals surface area contributed by atoms with Crippen molar-refractivity contribution in [2.45, 2.75) is 6.42 Å². The fourth-order valence-electron chi connectivity index (χ4n) is 1.65. The zero-order valence-electron chi connectivity index (χ0n) is 9.15. The molecular formula is C14H12ClNO. The van der Waals surface area contributed by atoms with E-state index in [9.17, 15) is 5.11 Å². The first-order chi connectivity index (χ1) is 8.16. The summed E-state index contributed by atoms with van der Waals surface area (Å²) in [6.07, 6.45) is 0.481. The van der Waals surface area contributed by atoms with Crippen molar-refractivity contribution >= 4 is 17.3 Å². The maximum atomic E-state index is 9.68. The third-order valence-corrected chi connectivity index (χ3v) is 2.74. The summed E-state index contributed by atoms with van der Waals surface area (Å²) in [6.45, 7) is 0. The molecule has 0 aromatic heterocycles. The van der Waals surface area contributed by atoms with E-state index in [1.807, 2.05) is 30.3 Å². The molecule has 17 heavy (non-hydrogen) atoms. The molecule has 2 N–H and O–H groups in total. The van der Waals surface area contributed by atoms with Crippen LogP contribution < -0.4 is 0 Å². The minimum absolute atomic E-state index is 0.0929. The van der Waals surface area contributed by atoms with Gasteiger partial charge in [0.1, 0.15) is 5.75 Å². The minimum atomic E-state index is 0.0929. The minimum Gasteiger partial charge on any atom is -0.507 e. The Bertz CT molecular complexity index is 537. The highest BCUT2D eigenvalue weighted by atomic mass is 35.5. The SMILES string of the molecule is N=C(Cc1ccccc1)c1cc(Cl)ccc1O. The van der Waals surface area contributed by atoms with Gasteiger partial charge in [-0.25, -0.2) is 0 Å². The molecule has 0 heterocycles. The van der Waals surface area contributed by atoms with Gasteiger partial charge in [-0.15, -0.1) is 0 Å². The van der Waals surface area contributed by atoms with Crippen LogP contribution in [0.4, 0.5) is 0 Å². The Hall–Kier alpha value is -1.80. The lowest BCUT2D eigenvalue weighted by Gasteiger charge is -2.07. The first-order valence-corrected chi connectivity index (χ1v) is 5.65. The van der Waals surface area contributed by atoms with Crippen LogP contribution in [-0.2, 0) is 6.42 Å². The summed E-state index contributed by atoms with van der Waals surface area (Å²) in [7, 11) is 0. The van der Waals surface area contributed by atoms with Gasteiger partial charge in [-0.05, 0) is 23.8 Å². The highest BCUT2D eigenvalue weighted by molar-refractivity contribution is 6.31. The highest BCUT2D eigenvalue weighted by Gasteiger charge is 2.08. The predicted molar refractivity (Wildman–Crippen MR) is 70.1 cm³/mol. The van der Waals surface area contributed by atoms with Gasteiger partial charge in [0.25, 0.3) is 0 Å². The van der Waals surface area contributed by atoms with Gasteiger partial charge in [-0.1, -0.05) is 41.9 Å². The number of nitrogens with one attached hydrogen (secondary N) is 1. The normalized spacial score (nSPS) is 10.2. The Morgan fingerprint density at radius 2 is 1.82 bits per heavy atom. The second-order valence-electron chi connectivity index (χ2n) is 3.80. The lowest BCUT2D eigenvalue weighted by molar-refractivity contribution is 0.474. The average Bonchev–Trinajstić information content (AvgIpc) is 2.33. The summed E-state index contributed by atoms with van der Waals surface area (Å²) in [6, 6.07) is 14.4. The number of hydrogen-bond donors (Lipinski definition) is 2. The van der Waals surface area contributed by atoms with E-state index >= 15 is 0 Å². The Morgan fingerprint density at radius 1 is 1.12 bits per heavy atom. The number of hydrogen-bond acceptors (Lipinski definition) is 2. The van der Waals surface area contributed by atoms with Crippen LogP contribution in [0.2, 0.25) is 5.02 Å². The third kappa shape index (κ3) is 2.86. The molecule has 0 unspecified atom stereocenters. The van der Waals surface area contributed by atoms with Gasteiger partial charge in [-0.2, -0.15) is 0 Å². The molecule has 0 amide bonds. The van der Waals surface area contributed by atoms with Crippen molar-refractivity contribution in [3.63, 3.8) is 0 Å². The summed E-state index contributed by atoms with van der Waals surface area (Å²) < 4.78 is 0. The molecule has 3 heteroatoms. The molecule has 0 saturated heterocycles. The molecule has 0 saturated carbocycles. The predicted octanol–water partition coefficient (Wildman–Crippen LogP) is 3.66. The van der Waals surface area contributed by atoms with E-state index in [0.717, 1.165) is 5.56 Å². The molecule has 2 rings (SSSR count). The molecular weight excluding hydrogens is 234 g/mol. The van der Waals surface area contributed by atoms with E-state index in [4.69, 9.17) is 17.0 Å². The number of rotatable bonds is 3. The number of halogens is 1. The maximum absolute atomic E-state index is 9.68. The van der Waals surface area contributed by atoms with Crippen LogP contribution in [0.15, 0.2) is 48.5 Å². The van der Waals surface area contributed by atoms with Crippen molar-refractivity contribution in [3.05, 3.63) is 64.7 Å². The van der Waals surface area contributed by atoms with Gasteiger partial charge >= 0.3 is 0 Å². The van der Waals surface area contributed by atoms with Crippen molar-refractivity contribution in [3.8, 4) is 5.75 Å². The smallest absolute Gasteiger partial charge is 0.124 e. The lowest BCUT2D eigenvalue weighted by atomic mass is 10.0. The van der Waals surface area contributed by atoms with Crippen molar-refractivity contribution in [1.82, 2.24) is 0 Å². The Morgan fingerprint density at radius 3 is 2.53 bits per heavy atom. The number of phenols is 1. The van der Waals surface area contributed by atoms with E-state index in [2.05, 4.69) is 0 Å². The summed E-state index contributed by atoms with van der Waals surface area (Å²) in [5.41, 5.74) is 1.88. The second-order valence-corrected chi connectivity index (χ2v) is 4.24. The first-order valence-electron chi connectivity index (χ1n) is 5.27. The molecule has 2 aromatic rings. The van der Waals surface area contributed by atoms with Crippen molar-refractivity contribution < 1.29 is 5.11 Å². The first kappa shape index (κ1) is 11.7. The van der Waals surface area contributed by atoms with Crippen LogP contribution in [0.3, 0.4) is 0 Å². The van der Waals surface area contributed by atoms with Crippen molar-refractivity contribution in [1.29, 1.82) is 5.41 Å². The molecule has 0 bridgehead atoms. The Labute approximate surface area is 105 Å². The number of aromatic hydroxyl groups is 1. The molecule has 0 spiro atoms. The van der Waals surface area contributed by atoms with E-state index in [-0.39, 0.29) is 5.75 Å². The fourth-order valence-corrected chi connectivity index (χ4v) is 1.82. The lowest BCUT2D eigenvalue weighted by Crippen LogP contribution is -2.03. The quantitative estimate of drug-likeness (QED) is 0.797. The molecule has 0 atom stereocenters. The molecule has 2 nitrogen and oxygen atoms in total. The largest absolute Gasteiger partial charge is 0.507 e. The molecule has 0 aliphatic rings. The summed E-state index contributed by atoms with van der Waals surface area (Å²) in [5.74, 6) is 0.0929. The molecule has 0 aliphatic heterocycles. The van der Waals surface area contributed by atoms with Gasteiger partial charge in [0.2, 0.25) is 0 Å². The maximum Gasteiger partial charge on any atom is 0.124 e. The summed E-state index contributed by atoms with van der Waals surface area (Å²) in [4.78, 5) is 0. The highest BCUT2D eigenvalue weighted by Crippen LogP contribution is 2.22. The van der Waals surface area contributed by atoms with Crippen LogP contribution in [0.5, 0.6) is 5.75 Å². The second kappa shape index (κ2) is 5.02. The van der Waals surface area contributed by atoms with Crippen LogP contribution in [0, 0.1) is 5.41 Å². The molecule has 2 aromatic carbocycles. The number of benzene rings is 2. The fraction of sp³-hybridized carbons (Fsp3) is 0.0714. The van der Waals surface area contributed by atoms with Crippen LogP contribution in [0.25, 0.3) is 0 Å². The van der Waals surface area contributed by atoms with Crippen molar-refractivity contribution in [2.75, 3.05) is 0 Å². The Kier molecular flexibility index (Phi) is 3.45. The zero-order chi connectivity index (χ0) is 12.3. The monoisotopic (exact) mass is 245 g/mol. The van der Waals surface area contributed by atoms with Crippen molar-refractivity contribution in [2.24, 2.45) is 0 Å². The molecule has 86 valence electrons. The van der Waals surface area contributed by atoms with Crippen LogP contribution in [0.1, 0.15) is 11.1 Å². The van der Waals surface area contributed by atoms with Crippen LogP contribution >= 0.6 is 11.6 Å². The number of phenolic OH excluding ortho intramolecular Hbond substituents is 1. The van der Waals surface area contributed by atoms with Gasteiger partial charge in [-0.3, -0.25) is 0 Å². The van der Waals surface area contributed by atoms with Gasteiger partial charge in [0, 0.05) is 22.7 Å². The standard InChI is InChI=1S/C14H12ClNO/c15-11-6-7-14(17)12(9-11)13(16)8-10-4-2-1-3-5-10/h1-7,9,16-17H,8H2. The molecule has 0 radical (unpaired) electrons.